The summed E-state index contributed by atoms with van der Waals surface area (Å²) in [6, 6.07) is 4.08. The van der Waals surface area contributed by atoms with Crippen molar-refractivity contribution in [2.75, 3.05) is 31.2 Å². The minimum absolute atomic E-state index is 0.0495. The van der Waals surface area contributed by atoms with Crippen molar-refractivity contribution in [1.82, 2.24) is 9.97 Å². The van der Waals surface area contributed by atoms with Gasteiger partial charge in [0.1, 0.15) is 28.3 Å². The van der Waals surface area contributed by atoms with Crippen molar-refractivity contribution in [3.63, 3.8) is 0 Å². The fourth-order valence-electron chi connectivity index (χ4n) is 5.33. The summed E-state index contributed by atoms with van der Waals surface area (Å²) in [6.45, 7) is 5.59. The first-order chi connectivity index (χ1) is 18.1. The number of aromatic amines is 1. The Morgan fingerprint density at radius 1 is 1.13 bits per heavy atom. The first-order valence-corrected chi connectivity index (χ1v) is 13.4. The monoisotopic (exact) mass is 567 g/mol. The Morgan fingerprint density at radius 3 is 2.37 bits per heavy atom. The van der Waals surface area contributed by atoms with Crippen molar-refractivity contribution in [2.24, 2.45) is 11.3 Å². The number of carboxylic acid groups (broad SMARTS) is 1. The first-order valence-electron chi connectivity index (χ1n) is 12.7. The Kier molecular flexibility index (Phi) is 7.46. The van der Waals surface area contributed by atoms with E-state index in [1.165, 1.54) is 18.2 Å². The van der Waals surface area contributed by atoms with Crippen LogP contribution < -0.4 is 9.64 Å². The fraction of sp³-hybridized carbons (Fsp3) is 0.481. The maximum Gasteiger partial charge on any atom is 0.309 e. The number of H-pyrrole nitrogens is 1. The third-order valence-corrected chi connectivity index (χ3v) is 8.44. The number of anilines is 1. The maximum atomic E-state index is 15.2. The Hall–Kier alpha value is -2.62. The van der Waals surface area contributed by atoms with E-state index in [4.69, 9.17) is 32.7 Å². The summed E-state index contributed by atoms with van der Waals surface area (Å²) in [4.78, 5) is 21.0. The second kappa shape index (κ2) is 10.5. The van der Waals surface area contributed by atoms with Crippen molar-refractivity contribution in [3.05, 3.63) is 39.9 Å². The van der Waals surface area contributed by atoms with Crippen molar-refractivity contribution in [3.8, 4) is 17.1 Å². The predicted octanol–water partition coefficient (Wildman–Crippen LogP) is 6.70. The molecule has 3 aromatic rings. The number of benzene rings is 1. The molecule has 2 fully saturated rings. The van der Waals surface area contributed by atoms with Gasteiger partial charge in [-0.2, -0.15) is 0 Å². The molecule has 0 bridgehead atoms. The highest BCUT2D eigenvalue weighted by molar-refractivity contribution is 6.38. The van der Waals surface area contributed by atoms with E-state index in [9.17, 15) is 9.90 Å². The highest BCUT2D eigenvalue weighted by atomic mass is 35.5. The zero-order valence-corrected chi connectivity index (χ0v) is 22.6. The Bertz CT molecular complexity index is 1340. The first kappa shape index (κ1) is 27.0. The van der Waals surface area contributed by atoms with Gasteiger partial charge in [-0.05, 0) is 63.6 Å². The molecule has 1 aliphatic carbocycles. The highest BCUT2D eigenvalue weighted by Gasteiger charge is 2.39. The van der Waals surface area contributed by atoms with Crippen LogP contribution in [0.1, 0.15) is 39.5 Å². The molecule has 1 aliphatic heterocycles. The number of halogens is 4. The van der Waals surface area contributed by atoms with Crippen LogP contribution in [0.5, 0.6) is 5.88 Å². The summed E-state index contributed by atoms with van der Waals surface area (Å²) >= 11 is 13.0. The average Bonchev–Trinajstić information content (AvgIpc) is 3.18. The van der Waals surface area contributed by atoms with Crippen LogP contribution in [0.25, 0.3) is 22.3 Å². The third kappa shape index (κ3) is 5.03. The molecular formula is C27H29Cl2F2N3O4. The minimum Gasteiger partial charge on any atom is -0.481 e. The van der Waals surface area contributed by atoms with E-state index in [1.807, 2.05) is 4.90 Å². The van der Waals surface area contributed by atoms with Gasteiger partial charge in [0.05, 0.1) is 40.4 Å². The summed E-state index contributed by atoms with van der Waals surface area (Å²) in [5, 5.41) is 9.78. The van der Waals surface area contributed by atoms with Gasteiger partial charge in [0.25, 0.3) is 0 Å². The number of hydrogen-bond acceptors (Lipinski definition) is 5. The number of ether oxygens (including phenoxy) is 2. The summed E-state index contributed by atoms with van der Waals surface area (Å²) < 4.78 is 41.9. The van der Waals surface area contributed by atoms with Crippen molar-refractivity contribution < 1.29 is 28.2 Å². The van der Waals surface area contributed by atoms with Gasteiger partial charge in [0.2, 0.25) is 5.88 Å². The molecule has 11 heteroatoms. The standard InChI is InChI=1S/C27H29Cl2F2N3O4/c1-27(2,26(35)36)14-3-5-16(6-4-14)38-25-22(29)24-20(32-25)13-17(28)23(33-24)21-18(30)11-15(12-19(21)31)34-7-9-37-10-8-34/h11-14,16,32H,3-10H2,1-2H3,(H,35,36)/t14-,16-. The van der Waals surface area contributed by atoms with Gasteiger partial charge in [-0.15, -0.1) is 0 Å². The van der Waals surface area contributed by atoms with E-state index in [2.05, 4.69) is 9.97 Å². The van der Waals surface area contributed by atoms with Crippen LogP contribution in [-0.4, -0.2) is 53.5 Å². The number of carboxylic acids is 1. The van der Waals surface area contributed by atoms with Crippen molar-refractivity contribution in [1.29, 1.82) is 0 Å². The van der Waals surface area contributed by atoms with Gasteiger partial charge in [0.15, 0.2) is 0 Å². The molecule has 5 rings (SSSR count). The van der Waals surface area contributed by atoms with E-state index >= 15 is 8.78 Å². The molecule has 0 amide bonds. The molecule has 0 radical (unpaired) electrons. The lowest BCUT2D eigenvalue weighted by Gasteiger charge is -2.36. The smallest absolute Gasteiger partial charge is 0.309 e. The van der Waals surface area contributed by atoms with Crippen LogP contribution in [0.3, 0.4) is 0 Å². The summed E-state index contributed by atoms with van der Waals surface area (Å²) in [6.07, 6.45) is 2.64. The van der Waals surface area contributed by atoms with Crippen molar-refractivity contribution in [2.45, 2.75) is 45.6 Å². The topological polar surface area (TPSA) is 87.7 Å². The molecule has 2 N–H and O–H groups in total. The number of carbonyl (C=O) groups is 1. The number of rotatable bonds is 6. The molecule has 38 heavy (non-hydrogen) atoms. The van der Waals surface area contributed by atoms with Gasteiger partial charge in [-0.3, -0.25) is 4.79 Å². The molecule has 3 heterocycles. The molecule has 1 saturated carbocycles. The van der Waals surface area contributed by atoms with Gasteiger partial charge in [-0.25, -0.2) is 13.8 Å². The largest absolute Gasteiger partial charge is 0.481 e. The van der Waals surface area contributed by atoms with Crippen LogP contribution >= 0.6 is 23.2 Å². The number of aromatic nitrogens is 2. The number of fused-ring (bicyclic) bond motifs is 1. The summed E-state index contributed by atoms with van der Waals surface area (Å²) in [5.74, 6) is -2.00. The molecule has 1 aromatic carbocycles. The molecule has 0 spiro atoms. The van der Waals surface area contributed by atoms with Gasteiger partial charge in [-0.1, -0.05) is 23.2 Å². The van der Waals surface area contributed by atoms with Crippen LogP contribution in [-0.2, 0) is 9.53 Å². The summed E-state index contributed by atoms with van der Waals surface area (Å²) in [7, 11) is 0. The van der Waals surface area contributed by atoms with Crippen LogP contribution in [0.15, 0.2) is 18.2 Å². The number of nitrogens with one attached hydrogen (secondary N) is 1. The SMILES string of the molecule is CC(C)(C(=O)O)[C@H]1CC[C@H](Oc2[nH]c3cc(Cl)c(-c4c(F)cc(N5CCOCC5)cc4F)nc3c2Cl)CC1. The highest BCUT2D eigenvalue weighted by Crippen LogP contribution is 2.42. The number of pyridine rings is 1. The van der Waals surface area contributed by atoms with E-state index in [1.54, 1.807) is 13.8 Å². The predicted molar refractivity (Wildman–Crippen MR) is 142 cm³/mol. The average molecular weight is 568 g/mol. The van der Waals surface area contributed by atoms with Crippen LogP contribution in [0.4, 0.5) is 14.5 Å². The lowest BCUT2D eigenvalue weighted by Crippen LogP contribution is -2.37. The molecule has 7 nitrogen and oxygen atoms in total. The zero-order chi connectivity index (χ0) is 27.2. The Morgan fingerprint density at radius 2 is 1.76 bits per heavy atom. The number of morpholine rings is 1. The third-order valence-electron chi connectivity index (χ3n) is 7.80. The van der Waals surface area contributed by atoms with Crippen LogP contribution in [0, 0.1) is 23.0 Å². The van der Waals surface area contributed by atoms with Gasteiger partial charge >= 0.3 is 5.97 Å². The van der Waals surface area contributed by atoms with Crippen LogP contribution in [0.2, 0.25) is 10.0 Å². The molecule has 2 aromatic heterocycles. The van der Waals surface area contributed by atoms with E-state index in [0.717, 1.165) is 12.8 Å². The number of aliphatic carboxylic acids is 1. The number of nitrogens with zero attached hydrogens (tertiary/aromatic N) is 2. The lowest BCUT2D eigenvalue weighted by molar-refractivity contribution is -0.151. The second-order valence-electron chi connectivity index (χ2n) is 10.5. The van der Waals surface area contributed by atoms with E-state index < -0.39 is 23.0 Å². The van der Waals surface area contributed by atoms with E-state index in [-0.39, 0.29) is 38.8 Å². The zero-order valence-electron chi connectivity index (χ0n) is 21.1. The quantitative estimate of drug-likeness (QED) is 0.344. The maximum absolute atomic E-state index is 15.2. The molecule has 204 valence electrons. The molecular weight excluding hydrogens is 539 g/mol. The van der Waals surface area contributed by atoms with Gasteiger partial charge in [0, 0.05) is 18.8 Å². The number of hydrogen-bond donors (Lipinski definition) is 2. The molecule has 0 atom stereocenters. The van der Waals surface area contributed by atoms with Crippen molar-refractivity contribution >= 4 is 45.9 Å². The lowest BCUT2D eigenvalue weighted by atomic mass is 9.70. The summed E-state index contributed by atoms with van der Waals surface area (Å²) in [5.41, 5.74) is 0.0230. The Balaban J connectivity index is 1.39. The van der Waals surface area contributed by atoms with E-state index in [0.29, 0.717) is 56.2 Å². The van der Waals surface area contributed by atoms with Gasteiger partial charge < -0.3 is 24.5 Å². The fourth-order valence-corrected chi connectivity index (χ4v) is 5.81. The molecule has 2 aliphatic rings. The second-order valence-corrected chi connectivity index (χ2v) is 11.3. The molecule has 1 saturated heterocycles. The molecule has 0 unspecified atom stereocenters. The minimum atomic E-state index is -0.803. The Labute approximate surface area is 229 Å². The normalized spacial score (nSPS) is 20.6.